The molecule has 7 heteroatoms. The summed E-state index contributed by atoms with van der Waals surface area (Å²) in [4.78, 5) is 39.3. The second-order valence-electron chi connectivity index (χ2n) is 7.34. The second-order valence-corrected chi connectivity index (χ2v) is 9.11. The number of esters is 1. The van der Waals surface area contributed by atoms with E-state index in [2.05, 4.69) is 6.58 Å². The minimum absolute atomic E-state index is 0.0770. The molecule has 0 bridgehead atoms. The van der Waals surface area contributed by atoms with Crippen LogP contribution in [0, 0.1) is 5.92 Å². The molecule has 0 unspecified atom stereocenters. The lowest BCUT2D eigenvalue weighted by atomic mass is 9.86. The molecular weight excluding hydrogens is 364 g/mol. The van der Waals surface area contributed by atoms with E-state index in [9.17, 15) is 14.4 Å². The van der Waals surface area contributed by atoms with Gasteiger partial charge in [-0.25, -0.2) is 4.79 Å². The number of hydrogen-bond donors (Lipinski definition) is 1. The van der Waals surface area contributed by atoms with Gasteiger partial charge in [0.1, 0.15) is 12.6 Å². The predicted octanol–water partition coefficient (Wildman–Crippen LogP) is 2.05. The number of benzene rings is 1. The van der Waals surface area contributed by atoms with Crippen molar-refractivity contribution in [2.24, 2.45) is 11.7 Å². The van der Waals surface area contributed by atoms with Crippen LogP contribution in [0.15, 0.2) is 43.0 Å². The van der Waals surface area contributed by atoms with Gasteiger partial charge in [0, 0.05) is 11.2 Å². The number of fused-ring (bicyclic) bond motifs is 1. The number of β-lactam (4-membered cyclic amide) rings is 1. The third kappa shape index (κ3) is 3.53. The number of amides is 1. The van der Waals surface area contributed by atoms with Crippen molar-refractivity contribution in [2.45, 2.75) is 42.5 Å². The zero-order valence-electron chi connectivity index (χ0n) is 15.5. The minimum atomic E-state index is -0.749. The Morgan fingerprint density at radius 2 is 2.04 bits per heavy atom. The molecule has 1 aromatic rings. The summed E-state index contributed by atoms with van der Waals surface area (Å²) in [7, 11) is 0. The molecule has 0 aromatic heterocycles. The van der Waals surface area contributed by atoms with Gasteiger partial charge < -0.3 is 15.4 Å². The largest absolute Gasteiger partial charge is 0.460 e. The Bertz CT molecular complexity index is 765. The Kier molecular flexibility index (Phi) is 5.44. The molecule has 4 atom stereocenters. The van der Waals surface area contributed by atoms with Crippen LogP contribution in [-0.4, -0.2) is 45.3 Å². The fraction of sp³-hybridized carbons (Fsp3) is 0.450. The van der Waals surface area contributed by atoms with Crippen LogP contribution in [0.3, 0.4) is 0 Å². The van der Waals surface area contributed by atoms with Gasteiger partial charge >= 0.3 is 5.97 Å². The number of carbonyl (C=O) groups is 3. The van der Waals surface area contributed by atoms with E-state index >= 15 is 0 Å². The van der Waals surface area contributed by atoms with Crippen molar-refractivity contribution in [1.29, 1.82) is 0 Å². The molecule has 0 aliphatic carbocycles. The van der Waals surface area contributed by atoms with Gasteiger partial charge in [0.15, 0.2) is 5.78 Å². The Hall–Kier alpha value is -2.12. The molecular formula is C20H24N2O4S. The Morgan fingerprint density at radius 1 is 1.37 bits per heavy atom. The van der Waals surface area contributed by atoms with Crippen LogP contribution in [0.5, 0.6) is 0 Å². The highest BCUT2D eigenvalue weighted by atomic mass is 32.2. The van der Waals surface area contributed by atoms with E-state index in [-0.39, 0.29) is 30.1 Å². The van der Waals surface area contributed by atoms with Crippen LogP contribution in [0.1, 0.15) is 31.9 Å². The highest BCUT2D eigenvalue weighted by molar-refractivity contribution is 8.01. The normalized spacial score (nSPS) is 26.7. The SMILES string of the molecule is C=CCOC(=O)[C@@H]1N2C(=O)[C@@H](CC(=O)[C@H](N)c3ccccc3)[C@H]2SC1(C)C. The van der Waals surface area contributed by atoms with E-state index in [4.69, 9.17) is 10.5 Å². The highest BCUT2D eigenvalue weighted by Crippen LogP contribution is 2.54. The van der Waals surface area contributed by atoms with E-state index < -0.39 is 28.7 Å². The number of rotatable bonds is 7. The number of hydrogen-bond acceptors (Lipinski definition) is 6. The minimum Gasteiger partial charge on any atom is -0.460 e. The summed E-state index contributed by atoms with van der Waals surface area (Å²) in [6, 6.07) is 7.71. The number of thioether (sulfide) groups is 1. The molecule has 2 N–H and O–H groups in total. The van der Waals surface area contributed by atoms with Crippen molar-refractivity contribution in [3.8, 4) is 0 Å². The van der Waals surface area contributed by atoms with Crippen LogP contribution >= 0.6 is 11.8 Å². The summed E-state index contributed by atoms with van der Waals surface area (Å²) in [5.74, 6) is -1.25. The molecule has 1 aromatic carbocycles. The number of nitrogens with two attached hydrogens (primary N) is 1. The topological polar surface area (TPSA) is 89.7 Å². The average Bonchev–Trinajstić information content (AvgIpc) is 2.92. The molecule has 0 radical (unpaired) electrons. The molecule has 2 aliphatic heterocycles. The van der Waals surface area contributed by atoms with Crippen molar-refractivity contribution >= 4 is 29.4 Å². The summed E-state index contributed by atoms with van der Waals surface area (Å²) in [6.07, 6.45) is 1.57. The molecule has 3 rings (SSSR count). The van der Waals surface area contributed by atoms with Crippen LogP contribution in [-0.2, 0) is 19.1 Å². The Labute approximate surface area is 163 Å². The first-order chi connectivity index (χ1) is 12.8. The maximum absolute atomic E-state index is 12.7. The Morgan fingerprint density at radius 3 is 2.67 bits per heavy atom. The lowest BCUT2D eigenvalue weighted by Gasteiger charge is -2.44. The highest BCUT2D eigenvalue weighted by Gasteiger charge is 2.64. The van der Waals surface area contributed by atoms with Crippen molar-refractivity contribution in [2.75, 3.05) is 6.61 Å². The summed E-state index contributed by atoms with van der Waals surface area (Å²) in [5.41, 5.74) is 6.80. The second kappa shape index (κ2) is 7.48. The first-order valence-electron chi connectivity index (χ1n) is 8.88. The number of ether oxygens (including phenoxy) is 1. The molecule has 2 aliphatic rings. The summed E-state index contributed by atoms with van der Waals surface area (Å²) in [6.45, 7) is 7.47. The van der Waals surface area contributed by atoms with E-state index in [1.54, 1.807) is 17.0 Å². The van der Waals surface area contributed by atoms with Gasteiger partial charge in [-0.2, -0.15) is 0 Å². The quantitative estimate of drug-likeness (QED) is 0.437. The number of nitrogens with zero attached hydrogens (tertiary/aromatic N) is 1. The van der Waals surface area contributed by atoms with Crippen LogP contribution in [0.25, 0.3) is 0 Å². The molecule has 2 heterocycles. The molecule has 1 amide bonds. The maximum atomic E-state index is 12.7. The van der Waals surface area contributed by atoms with Crippen molar-refractivity contribution in [1.82, 2.24) is 4.90 Å². The van der Waals surface area contributed by atoms with Gasteiger partial charge in [-0.1, -0.05) is 43.0 Å². The van der Waals surface area contributed by atoms with E-state index in [1.165, 1.54) is 17.8 Å². The fourth-order valence-electron chi connectivity index (χ4n) is 3.67. The summed E-state index contributed by atoms with van der Waals surface area (Å²) in [5, 5.41) is -0.208. The lowest BCUT2D eigenvalue weighted by Crippen LogP contribution is -2.63. The van der Waals surface area contributed by atoms with Crippen LogP contribution in [0.2, 0.25) is 0 Å². The van der Waals surface area contributed by atoms with Gasteiger partial charge in [0.05, 0.1) is 17.3 Å². The van der Waals surface area contributed by atoms with Crippen molar-refractivity contribution in [3.05, 3.63) is 48.6 Å². The molecule has 144 valence electrons. The smallest absolute Gasteiger partial charge is 0.330 e. The van der Waals surface area contributed by atoms with Gasteiger partial charge in [0.25, 0.3) is 0 Å². The van der Waals surface area contributed by atoms with Crippen molar-refractivity contribution in [3.63, 3.8) is 0 Å². The summed E-state index contributed by atoms with van der Waals surface area (Å²) < 4.78 is 4.68. The number of ketones is 1. The molecule has 0 spiro atoms. The van der Waals surface area contributed by atoms with Crippen LogP contribution in [0.4, 0.5) is 0 Å². The summed E-state index contributed by atoms with van der Waals surface area (Å²) >= 11 is 1.53. The van der Waals surface area contributed by atoms with Gasteiger partial charge in [-0.15, -0.1) is 11.8 Å². The van der Waals surface area contributed by atoms with E-state index in [1.807, 2.05) is 32.0 Å². The molecule has 2 fully saturated rings. The number of carbonyl (C=O) groups excluding carboxylic acids is 3. The fourth-order valence-corrected chi connectivity index (χ4v) is 5.35. The molecule has 2 saturated heterocycles. The lowest BCUT2D eigenvalue weighted by molar-refractivity contribution is -0.166. The van der Waals surface area contributed by atoms with Gasteiger partial charge in [0.2, 0.25) is 5.91 Å². The first kappa shape index (κ1) is 19.6. The standard InChI is InChI=1S/C20H24N2O4S/c1-4-10-26-19(25)16-20(2,3)27-18-13(17(24)22(16)18)11-14(23)15(21)12-8-6-5-7-9-12/h4-9,13,15-16,18H,1,10-11,21H2,2-3H3/t13-,15-,16+,18-/m1/s1. The zero-order chi connectivity index (χ0) is 19.8. The monoisotopic (exact) mass is 388 g/mol. The van der Waals surface area contributed by atoms with E-state index in [0.29, 0.717) is 0 Å². The maximum Gasteiger partial charge on any atom is 0.330 e. The Balaban J connectivity index is 1.69. The molecule has 27 heavy (non-hydrogen) atoms. The molecule has 0 saturated carbocycles. The third-order valence-corrected chi connectivity index (χ3v) is 6.67. The zero-order valence-corrected chi connectivity index (χ0v) is 16.3. The molecule has 6 nitrogen and oxygen atoms in total. The van der Waals surface area contributed by atoms with Gasteiger partial charge in [-0.05, 0) is 19.4 Å². The van der Waals surface area contributed by atoms with Crippen LogP contribution < -0.4 is 5.73 Å². The van der Waals surface area contributed by atoms with E-state index in [0.717, 1.165) is 5.56 Å². The third-order valence-electron chi connectivity index (χ3n) is 5.04. The number of Topliss-reactive ketones (excluding diaryl/α,β-unsaturated/α-hetero) is 1. The van der Waals surface area contributed by atoms with Gasteiger partial charge in [-0.3, -0.25) is 9.59 Å². The average molecular weight is 388 g/mol. The van der Waals surface area contributed by atoms with Crippen molar-refractivity contribution < 1.29 is 19.1 Å². The predicted molar refractivity (Wildman–Crippen MR) is 104 cm³/mol. The first-order valence-corrected chi connectivity index (χ1v) is 9.76.